The topological polar surface area (TPSA) is 46.2 Å². The van der Waals surface area contributed by atoms with Crippen molar-refractivity contribution in [1.82, 2.24) is 4.72 Å². The maximum absolute atomic E-state index is 12.9. The third kappa shape index (κ3) is 3.72. The van der Waals surface area contributed by atoms with Crippen LogP contribution in [0, 0.1) is 11.6 Å². The van der Waals surface area contributed by atoms with E-state index in [1.165, 1.54) is 0 Å². The molecular weight excluding hydrogens is 316 g/mol. The van der Waals surface area contributed by atoms with Gasteiger partial charge in [0.2, 0.25) is 10.0 Å². The fourth-order valence-electron chi connectivity index (χ4n) is 1.09. The standard InChI is InChI=1S/C10H12BrF2NO2S/c1-10(2,6-11)14-17(15,16)7-3-4-8(12)9(13)5-7/h3-5,14H,6H2,1-2H3. The van der Waals surface area contributed by atoms with Gasteiger partial charge >= 0.3 is 0 Å². The van der Waals surface area contributed by atoms with E-state index < -0.39 is 27.2 Å². The number of sulfonamides is 1. The van der Waals surface area contributed by atoms with Crippen molar-refractivity contribution >= 4 is 26.0 Å². The van der Waals surface area contributed by atoms with Gasteiger partial charge in [-0.1, -0.05) is 15.9 Å². The predicted molar refractivity (Wildman–Crippen MR) is 64.6 cm³/mol. The average Bonchev–Trinajstić information content (AvgIpc) is 2.20. The second-order valence-electron chi connectivity index (χ2n) is 4.20. The van der Waals surface area contributed by atoms with E-state index in [1.807, 2.05) is 0 Å². The molecule has 0 spiro atoms. The van der Waals surface area contributed by atoms with Crippen LogP contribution in [0.15, 0.2) is 23.1 Å². The van der Waals surface area contributed by atoms with Gasteiger partial charge in [-0.25, -0.2) is 21.9 Å². The van der Waals surface area contributed by atoms with Crippen LogP contribution in [0.3, 0.4) is 0 Å². The van der Waals surface area contributed by atoms with Crippen LogP contribution >= 0.6 is 15.9 Å². The monoisotopic (exact) mass is 327 g/mol. The van der Waals surface area contributed by atoms with Crippen molar-refractivity contribution < 1.29 is 17.2 Å². The number of alkyl halides is 1. The van der Waals surface area contributed by atoms with Crippen molar-refractivity contribution in [1.29, 1.82) is 0 Å². The maximum atomic E-state index is 12.9. The molecule has 0 aliphatic rings. The van der Waals surface area contributed by atoms with E-state index in [-0.39, 0.29) is 4.90 Å². The summed E-state index contributed by atoms with van der Waals surface area (Å²) in [7, 11) is -3.86. The molecule has 0 radical (unpaired) electrons. The molecule has 1 aromatic carbocycles. The lowest BCUT2D eigenvalue weighted by molar-refractivity contribution is 0.493. The first kappa shape index (κ1) is 14.5. The van der Waals surface area contributed by atoms with Crippen LogP contribution in [0.4, 0.5) is 8.78 Å². The van der Waals surface area contributed by atoms with Crippen molar-refractivity contribution in [3.05, 3.63) is 29.8 Å². The Hall–Kier alpha value is -0.530. The SMILES string of the molecule is CC(C)(CBr)NS(=O)(=O)c1ccc(F)c(F)c1. The summed E-state index contributed by atoms with van der Waals surface area (Å²) >= 11 is 3.16. The predicted octanol–water partition coefficient (Wildman–Crippen LogP) is 2.42. The van der Waals surface area contributed by atoms with Crippen molar-refractivity contribution in [3.8, 4) is 0 Å². The fourth-order valence-corrected chi connectivity index (χ4v) is 2.84. The molecule has 0 aliphatic heterocycles. The van der Waals surface area contributed by atoms with Gasteiger partial charge in [-0.3, -0.25) is 0 Å². The van der Waals surface area contributed by atoms with Crippen LogP contribution in [0.1, 0.15) is 13.8 Å². The molecule has 17 heavy (non-hydrogen) atoms. The molecule has 96 valence electrons. The van der Waals surface area contributed by atoms with Crippen LogP contribution in [0.5, 0.6) is 0 Å². The van der Waals surface area contributed by atoms with Gasteiger partial charge in [-0.05, 0) is 32.0 Å². The molecule has 1 aromatic rings. The van der Waals surface area contributed by atoms with E-state index in [9.17, 15) is 17.2 Å². The molecule has 0 bridgehead atoms. The van der Waals surface area contributed by atoms with E-state index in [1.54, 1.807) is 13.8 Å². The molecule has 1 N–H and O–H groups in total. The van der Waals surface area contributed by atoms with Gasteiger partial charge < -0.3 is 0 Å². The lowest BCUT2D eigenvalue weighted by Crippen LogP contribution is -2.44. The van der Waals surface area contributed by atoms with Crippen LogP contribution in [-0.2, 0) is 10.0 Å². The summed E-state index contributed by atoms with van der Waals surface area (Å²) < 4.78 is 51.7. The summed E-state index contributed by atoms with van der Waals surface area (Å²) in [6.45, 7) is 3.33. The minimum atomic E-state index is -3.86. The van der Waals surface area contributed by atoms with E-state index in [0.717, 1.165) is 12.1 Å². The zero-order chi connectivity index (χ0) is 13.3. The minimum Gasteiger partial charge on any atom is -0.207 e. The zero-order valence-electron chi connectivity index (χ0n) is 9.30. The Labute approximate surface area is 107 Å². The first-order valence-electron chi connectivity index (χ1n) is 4.73. The number of hydrogen-bond donors (Lipinski definition) is 1. The average molecular weight is 328 g/mol. The molecule has 0 heterocycles. The Kier molecular flexibility index (Phi) is 4.27. The Bertz CT molecular complexity index is 517. The normalized spacial score (nSPS) is 12.8. The Morgan fingerprint density at radius 3 is 2.35 bits per heavy atom. The van der Waals surface area contributed by atoms with Crippen LogP contribution in [-0.4, -0.2) is 19.3 Å². The molecule has 0 unspecified atom stereocenters. The third-order valence-electron chi connectivity index (χ3n) is 1.95. The van der Waals surface area contributed by atoms with Gasteiger partial charge in [-0.15, -0.1) is 0 Å². The summed E-state index contributed by atoms with van der Waals surface area (Å²) in [5.41, 5.74) is -0.719. The molecule has 1 rings (SSSR count). The first-order chi connectivity index (χ1) is 7.68. The Balaban J connectivity index is 3.10. The largest absolute Gasteiger partial charge is 0.241 e. The van der Waals surface area contributed by atoms with Gasteiger partial charge in [-0.2, -0.15) is 0 Å². The van der Waals surface area contributed by atoms with E-state index in [4.69, 9.17) is 0 Å². The van der Waals surface area contributed by atoms with Gasteiger partial charge in [0.15, 0.2) is 11.6 Å². The highest BCUT2D eigenvalue weighted by molar-refractivity contribution is 9.09. The molecule has 0 saturated heterocycles. The Morgan fingerprint density at radius 1 is 1.29 bits per heavy atom. The molecular formula is C10H12BrF2NO2S. The van der Waals surface area contributed by atoms with Crippen LogP contribution in [0.25, 0.3) is 0 Å². The smallest absolute Gasteiger partial charge is 0.207 e. The molecule has 7 heteroatoms. The first-order valence-corrected chi connectivity index (χ1v) is 7.33. The molecule has 0 aromatic heterocycles. The van der Waals surface area contributed by atoms with E-state index in [0.29, 0.717) is 11.4 Å². The van der Waals surface area contributed by atoms with Crippen molar-refractivity contribution in [3.63, 3.8) is 0 Å². The van der Waals surface area contributed by atoms with Gasteiger partial charge in [0.25, 0.3) is 0 Å². The number of nitrogens with one attached hydrogen (secondary N) is 1. The summed E-state index contributed by atoms with van der Waals surface area (Å²) in [6, 6.07) is 2.46. The van der Waals surface area contributed by atoms with Gasteiger partial charge in [0.1, 0.15) is 0 Å². The van der Waals surface area contributed by atoms with Crippen LogP contribution < -0.4 is 4.72 Å². The highest BCUT2D eigenvalue weighted by Crippen LogP contribution is 2.17. The lowest BCUT2D eigenvalue weighted by Gasteiger charge is -2.23. The number of hydrogen-bond acceptors (Lipinski definition) is 2. The number of rotatable bonds is 4. The second-order valence-corrected chi connectivity index (χ2v) is 6.44. The van der Waals surface area contributed by atoms with Crippen molar-refractivity contribution in [2.24, 2.45) is 0 Å². The molecule has 0 saturated carbocycles. The maximum Gasteiger partial charge on any atom is 0.241 e. The Morgan fingerprint density at radius 2 is 1.88 bits per heavy atom. The molecule has 0 atom stereocenters. The van der Waals surface area contributed by atoms with Gasteiger partial charge in [0.05, 0.1) is 4.90 Å². The third-order valence-corrected chi connectivity index (χ3v) is 5.04. The summed E-state index contributed by atoms with van der Waals surface area (Å²) in [6.07, 6.45) is 0. The molecule has 3 nitrogen and oxygen atoms in total. The van der Waals surface area contributed by atoms with E-state index in [2.05, 4.69) is 20.7 Å². The lowest BCUT2D eigenvalue weighted by atomic mass is 10.1. The quantitative estimate of drug-likeness (QED) is 0.863. The summed E-state index contributed by atoms with van der Waals surface area (Å²) in [5.74, 6) is -2.27. The molecule has 0 aliphatic carbocycles. The summed E-state index contributed by atoms with van der Waals surface area (Å²) in [5, 5.41) is 0.392. The number of benzene rings is 1. The zero-order valence-corrected chi connectivity index (χ0v) is 11.7. The minimum absolute atomic E-state index is 0.301. The van der Waals surface area contributed by atoms with Crippen LogP contribution in [0.2, 0.25) is 0 Å². The summed E-state index contributed by atoms with van der Waals surface area (Å²) in [4.78, 5) is -0.301. The number of halogens is 3. The van der Waals surface area contributed by atoms with Crippen molar-refractivity contribution in [2.75, 3.05) is 5.33 Å². The second kappa shape index (κ2) is 4.99. The molecule has 0 fully saturated rings. The molecule has 0 amide bonds. The van der Waals surface area contributed by atoms with Gasteiger partial charge in [0, 0.05) is 10.9 Å². The highest BCUT2D eigenvalue weighted by atomic mass is 79.9. The van der Waals surface area contributed by atoms with E-state index >= 15 is 0 Å². The fraction of sp³-hybridized carbons (Fsp3) is 0.400. The highest BCUT2D eigenvalue weighted by Gasteiger charge is 2.25. The van der Waals surface area contributed by atoms with Crippen molar-refractivity contribution in [2.45, 2.75) is 24.3 Å².